The predicted octanol–water partition coefficient (Wildman–Crippen LogP) is 4.11. The van der Waals surface area contributed by atoms with Crippen molar-refractivity contribution in [3.8, 4) is 10.6 Å². The molecule has 162 valence electrons. The van der Waals surface area contributed by atoms with Crippen LogP contribution in [0.4, 0.5) is 5.95 Å². The zero-order valence-electron chi connectivity index (χ0n) is 17.8. The average Bonchev–Trinajstić information content (AvgIpc) is 3.30. The summed E-state index contributed by atoms with van der Waals surface area (Å²) in [6.45, 7) is 3.05. The highest BCUT2D eigenvalue weighted by Crippen LogP contribution is 2.23. The lowest BCUT2D eigenvalue weighted by Crippen LogP contribution is -2.35. The Morgan fingerprint density at radius 2 is 1.81 bits per heavy atom. The Hall–Kier alpha value is -3.29. The summed E-state index contributed by atoms with van der Waals surface area (Å²) in [7, 11) is 0. The van der Waals surface area contributed by atoms with Crippen molar-refractivity contribution in [3.05, 3.63) is 98.9 Å². The van der Waals surface area contributed by atoms with Gasteiger partial charge in [-0.15, -0.1) is 11.3 Å². The highest BCUT2D eigenvalue weighted by Gasteiger charge is 2.21. The van der Waals surface area contributed by atoms with Gasteiger partial charge in [0.25, 0.3) is 5.56 Å². The normalized spacial score (nSPS) is 13.6. The first kappa shape index (κ1) is 20.6. The maximum absolute atomic E-state index is 12.7. The second kappa shape index (κ2) is 9.46. The molecule has 0 amide bonds. The third-order valence-electron chi connectivity index (χ3n) is 5.64. The molecular weight excluding hydrogens is 418 g/mol. The van der Waals surface area contributed by atoms with Crippen LogP contribution in [0.1, 0.15) is 22.5 Å². The Bertz CT molecular complexity index is 1240. The molecule has 2 aromatic heterocycles. The van der Waals surface area contributed by atoms with Gasteiger partial charge >= 0.3 is 0 Å². The van der Waals surface area contributed by atoms with Crippen LogP contribution in [0.5, 0.6) is 0 Å². The SMILES string of the molecule is O=c1[nH]c(NCCc2csc(-c3ccccc3)n2)nc2c1CN(Cc1ccccc1)CC2. The van der Waals surface area contributed by atoms with Crippen LogP contribution in [0.2, 0.25) is 0 Å². The number of thiazole rings is 1. The van der Waals surface area contributed by atoms with Gasteiger partial charge in [-0.1, -0.05) is 60.7 Å². The van der Waals surface area contributed by atoms with Crippen molar-refractivity contribution in [2.24, 2.45) is 0 Å². The monoisotopic (exact) mass is 443 g/mol. The first-order chi connectivity index (χ1) is 15.7. The largest absolute Gasteiger partial charge is 0.355 e. The van der Waals surface area contributed by atoms with Crippen LogP contribution in [-0.2, 0) is 25.9 Å². The number of hydrogen-bond acceptors (Lipinski definition) is 6. The Labute approximate surface area is 191 Å². The summed E-state index contributed by atoms with van der Waals surface area (Å²) in [6.07, 6.45) is 1.56. The van der Waals surface area contributed by atoms with E-state index < -0.39 is 0 Å². The second-order valence-electron chi connectivity index (χ2n) is 7.97. The Balaban J connectivity index is 1.19. The van der Waals surface area contributed by atoms with Crippen molar-refractivity contribution < 1.29 is 0 Å². The van der Waals surface area contributed by atoms with Gasteiger partial charge in [0.05, 0.1) is 17.0 Å². The molecule has 0 fully saturated rings. The summed E-state index contributed by atoms with van der Waals surface area (Å²) in [4.78, 5) is 27.3. The maximum Gasteiger partial charge on any atom is 0.257 e. The minimum absolute atomic E-state index is 0.0460. The number of anilines is 1. The molecule has 1 aliphatic heterocycles. The van der Waals surface area contributed by atoms with Crippen LogP contribution in [0.15, 0.2) is 70.8 Å². The van der Waals surface area contributed by atoms with E-state index in [-0.39, 0.29) is 5.56 Å². The smallest absolute Gasteiger partial charge is 0.257 e. The predicted molar refractivity (Wildman–Crippen MR) is 129 cm³/mol. The van der Waals surface area contributed by atoms with Gasteiger partial charge < -0.3 is 5.32 Å². The molecule has 0 unspecified atom stereocenters. The van der Waals surface area contributed by atoms with Gasteiger partial charge in [-0.05, 0) is 5.56 Å². The van der Waals surface area contributed by atoms with Crippen LogP contribution in [0.25, 0.3) is 10.6 Å². The Kier molecular flexibility index (Phi) is 6.09. The van der Waals surface area contributed by atoms with Crippen LogP contribution < -0.4 is 10.9 Å². The Morgan fingerprint density at radius 1 is 1.03 bits per heavy atom. The van der Waals surface area contributed by atoms with Crippen LogP contribution >= 0.6 is 11.3 Å². The molecule has 2 N–H and O–H groups in total. The fourth-order valence-electron chi connectivity index (χ4n) is 3.99. The highest BCUT2D eigenvalue weighted by atomic mass is 32.1. The number of nitrogens with one attached hydrogen (secondary N) is 2. The second-order valence-corrected chi connectivity index (χ2v) is 8.83. The number of H-pyrrole nitrogens is 1. The van der Waals surface area contributed by atoms with Crippen LogP contribution in [0, 0.1) is 0 Å². The van der Waals surface area contributed by atoms with E-state index in [4.69, 9.17) is 4.98 Å². The molecule has 0 radical (unpaired) electrons. The first-order valence-corrected chi connectivity index (χ1v) is 11.7. The minimum atomic E-state index is -0.0460. The first-order valence-electron chi connectivity index (χ1n) is 10.9. The molecular formula is C25H25N5OS. The summed E-state index contributed by atoms with van der Waals surface area (Å²) in [5.41, 5.74) is 5.08. The van der Waals surface area contributed by atoms with Crippen molar-refractivity contribution in [1.29, 1.82) is 0 Å². The molecule has 0 saturated carbocycles. The van der Waals surface area contributed by atoms with Gasteiger partial charge in [-0.25, -0.2) is 9.97 Å². The van der Waals surface area contributed by atoms with Gasteiger partial charge in [-0.2, -0.15) is 0 Å². The van der Waals surface area contributed by atoms with Crippen molar-refractivity contribution in [2.75, 3.05) is 18.4 Å². The molecule has 2 aromatic carbocycles. The average molecular weight is 444 g/mol. The lowest BCUT2D eigenvalue weighted by atomic mass is 10.1. The number of nitrogens with zero attached hydrogens (tertiary/aromatic N) is 3. The van der Waals surface area contributed by atoms with E-state index >= 15 is 0 Å². The summed E-state index contributed by atoms with van der Waals surface area (Å²) in [6, 6.07) is 20.6. The molecule has 4 aromatic rings. The standard InChI is InChI=1S/C25H25N5OS/c31-23-21-16-30(15-18-7-3-1-4-8-18)14-12-22(21)28-25(29-23)26-13-11-20-17-32-24(27-20)19-9-5-2-6-10-19/h1-10,17H,11-16H2,(H2,26,28,29,31). The summed E-state index contributed by atoms with van der Waals surface area (Å²) in [5.74, 6) is 0.545. The van der Waals surface area contributed by atoms with Crippen LogP contribution in [-0.4, -0.2) is 32.9 Å². The summed E-state index contributed by atoms with van der Waals surface area (Å²) < 4.78 is 0. The zero-order chi connectivity index (χ0) is 21.8. The lowest BCUT2D eigenvalue weighted by molar-refractivity contribution is 0.242. The molecule has 32 heavy (non-hydrogen) atoms. The van der Waals surface area contributed by atoms with E-state index in [1.165, 1.54) is 5.56 Å². The van der Waals surface area contributed by atoms with E-state index in [9.17, 15) is 4.79 Å². The molecule has 0 spiro atoms. The third-order valence-corrected chi connectivity index (χ3v) is 6.58. The number of aromatic amines is 1. The fourth-order valence-corrected chi connectivity index (χ4v) is 4.85. The number of aromatic nitrogens is 3. The molecule has 0 aliphatic carbocycles. The van der Waals surface area contributed by atoms with Gasteiger partial charge in [-0.3, -0.25) is 14.7 Å². The molecule has 1 aliphatic rings. The fraction of sp³-hybridized carbons (Fsp3) is 0.240. The third kappa shape index (κ3) is 4.79. The quantitative estimate of drug-likeness (QED) is 0.450. The van der Waals surface area contributed by atoms with E-state index in [0.717, 1.165) is 53.5 Å². The number of hydrogen-bond donors (Lipinski definition) is 2. The Morgan fingerprint density at radius 3 is 2.62 bits per heavy atom. The number of fused-ring (bicyclic) bond motifs is 1. The van der Waals surface area contributed by atoms with Crippen molar-refractivity contribution in [2.45, 2.75) is 25.9 Å². The van der Waals surface area contributed by atoms with Crippen molar-refractivity contribution in [1.82, 2.24) is 19.9 Å². The minimum Gasteiger partial charge on any atom is -0.355 e. The molecule has 3 heterocycles. The van der Waals surface area contributed by atoms with Gasteiger partial charge in [0.15, 0.2) is 0 Å². The van der Waals surface area contributed by atoms with Gasteiger partial charge in [0.2, 0.25) is 5.95 Å². The number of benzene rings is 2. The van der Waals surface area contributed by atoms with Crippen molar-refractivity contribution in [3.63, 3.8) is 0 Å². The molecule has 6 nitrogen and oxygen atoms in total. The van der Waals surface area contributed by atoms with E-state index in [0.29, 0.717) is 19.0 Å². The summed E-state index contributed by atoms with van der Waals surface area (Å²) >= 11 is 1.65. The highest BCUT2D eigenvalue weighted by molar-refractivity contribution is 7.13. The van der Waals surface area contributed by atoms with Crippen molar-refractivity contribution >= 4 is 17.3 Å². The molecule has 5 rings (SSSR count). The molecule has 0 atom stereocenters. The van der Waals surface area contributed by atoms with Gasteiger partial charge in [0, 0.05) is 50.0 Å². The molecule has 0 saturated heterocycles. The van der Waals surface area contributed by atoms with E-state index in [1.807, 2.05) is 36.4 Å². The van der Waals surface area contributed by atoms with E-state index in [1.54, 1.807) is 11.3 Å². The molecule has 7 heteroatoms. The topological polar surface area (TPSA) is 73.9 Å². The van der Waals surface area contributed by atoms with E-state index in [2.05, 4.69) is 49.8 Å². The molecule has 0 bridgehead atoms. The maximum atomic E-state index is 12.7. The summed E-state index contributed by atoms with van der Waals surface area (Å²) in [5, 5.41) is 6.39. The lowest BCUT2D eigenvalue weighted by Gasteiger charge is -2.27. The van der Waals surface area contributed by atoms with Gasteiger partial charge in [0.1, 0.15) is 5.01 Å². The zero-order valence-corrected chi connectivity index (χ0v) is 18.6. The van der Waals surface area contributed by atoms with Crippen LogP contribution in [0.3, 0.4) is 0 Å². The number of rotatable bonds is 7.